The van der Waals surface area contributed by atoms with Gasteiger partial charge in [0.1, 0.15) is 41.6 Å². The Labute approximate surface area is 255 Å². The van der Waals surface area contributed by atoms with Crippen molar-refractivity contribution in [3.8, 4) is 17.2 Å². The van der Waals surface area contributed by atoms with Crippen molar-refractivity contribution >= 4 is 29.4 Å². The van der Waals surface area contributed by atoms with Crippen LogP contribution in [0.3, 0.4) is 0 Å². The molecule has 2 saturated heterocycles. The molecule has 11 nitrogen and oxygen atoms in total. The third-order valence-electron chi connectivity index (χ3n) is 7.81. The van der Waals surface area contributed by atoms with Gasteiger partial charge in [-0.2, -0.15) is 13.2 Å². The molecule has 240 valence electrons. The monoisotopic (exact) mass is 643 g/mol. The molecule has 2 aromatic carbocycles. The number of nitrogens with two attached hydrogens (primary N) is 1. The van der Waals surface area contributed by atoms with Crippen molar-refractivity contribution in [2.75, 3.05) is 32.8 Å². The van der Waals surface area contributed by atoms with Crippen LogP contribution in [0.4, 0.5) is 13.2 Å². The summed E-state index contributed by atoms with van der Waals surface area (Å²) in [5.41, 5.74) is 6.60. The number of carbonyl (C=O) groups is 3. The van der Waals surface area contributed by atoms with Crippen LogP contribution in [-0.2, 0) is 16.0 Å². The number of rotatable bonds is 7. The number of aliphatic carboxylic acids is 1. The van der Waals surface area contributed by atoms with Crippen molar-refractivity contribution in [3.05, 3.63) is 52.5 Å². The molecular formula is C29H33ClF3N3O8. The summed E-state index contributed by atoms with van der Waals surface area (Å²) in [4.78, 5) is 37.4. The van der Waals surface area contributed by atoms with Crippen molar-refractivity contribution in [2.24, 2.45) is 5.73 Å². The van der Waals surface area contributed by atoms with Crippen molar-refractivity contribution < 1.29 is 52.3 Å². The zero-order valence-electron chi connectivity index (χ0n) is 23.6. The number of aliphatic hydroxyl groups excluding tert-OH is 1. The van der Waals surface area contributed by atoms with Gasteiger partial charge in [0.25, 0.3) is 5.91 Å². The Morgan fingerprint density at radius 1 is 1.14 bits per heavy atom. The van der Waals surface area contributed by atoms with E-state index in [4.69, 9.17) is 36.7 Å². The first-order valence-electron chi connectivity index (χ1n) is 13.9. The number of β-amino-alcohol motifs (C(OH)–C–C–N with tert-alkyl or cyclic N) is 1. The molecule has 3 aliphatic heterocycles. The first kappa shape index (κ1) is 33.1. The van der Waals surface area contributed by atoms with Crippen LogP contribution in [0.2, 0.25) is 5.02 Å². The number of hydrogen-bond donors (Lipinski definition) is 4. The molecule has 3 heterocycles. The molecule has 2 fully saturated rings. The number of nitrogens with zero attached hydrogens (tertiary/aromatic N) is 2. The van der Waals surface area contributed by atoms with Crippen molar-refractivity contribution in [2.45, 2.75) is 56.0 Å². The minimum atomic E-state index is -5.08. The number of carbonyl (C=O) groups excluding carboxylic acids is 2. The summed E-state index contributed by atoms with van der Waals surface area (Å²) in [5.74, 6) is -2.68. The van der Waals surface area contributed by atoms with Crippen LogP contribution in [0.5, 0.6) is 17.2 Å². The van der Waals surface area contributed by atoms with E-state index in [1.807, 2.05) is 18.2 Å². The first-order chi connectivity index (χ1) is 20.7. The molecule has 2 aromatic rings. The van der Waals surface area contributed by atoms with E-state index in [1.54, 1.807) is 0 Å². The number of carboxylic acid groups (broad SMARTS) is 1. The smallest absolute Gasteiger partial charge is 0.490 e. The van der Waals surface area contributed by atoms with E-state index in [2.05, 4.69) is 4.90 Å². The van der Waals surface area contributed by atoms with E-state index in [1.165, 1.54) is 23.1 Å². The Hall–Kier alpha value is -3.75. The largest absolute Gasteiger partial charge is 0.508 e. The predicted octanol–water partition coefficient (Wildman–Crippen LogP) is 2.98. The number of fused-ring (bicyclic) bond motifs is 1. The number of phenolic OH excluding ortho intramolecular Hbond substituents is 1. The third kappa shape index (κ3) is 8.04. The van der Waals surface area contributed by atoms with Gasteiger partial charge < -0.3 is 40.3 Å². The number of aromatic hydroxyl groups is 1. The summed E-state index contributed by atoms with van der Waals surface area (Å²) < 4.78 is 43.8. The lowest BCUT2D eigenvalue weighted by Crippen LogP contribution is -2.49. The van der Waals surface area contributed by atoms with E-state index in [9.17, 15) is 33.0 Å². The molecule has 0 aromatic heterocycles. The second-order valence-corrected chi connectivity index (χ2v) is 11.5. The summed E-state index contributed by atoms with van der Waals surface area (Å²) in [6.45, 7) is 2.34. The second-order valence-electron chi connectivity index (χ2n) is 11.0. The van der Waals surface area contributed by atoms with Gasteiger partial charge in [-0.05, 0) is 48.7 Å². The highest BCUT2D eigenvalue weighted by atomic mass is 35.5. The lowest BCUT2D eigenvalue weighted by Gasteiger charge is -2.39. The molecule has 2 amide bonds. The average molecular weight is 644 g/mol. The van der Waals surface area contributed by atoms with Gasteiger partial charge in [0.2, 0.25) is 5.91 Å². The van der Waals surface area contributed by atoms with Gasteiger partial charge in [0.05, 0.1) is 5.56 Å². The van der Waals surface area contributed by atoms with E-state index >= 15 is 0 Å². The van der Waals surface area contributed by atoms with Gasteiger partial charge in [-0.3, -0.25) is 9.59 Å². The van der Waals surface area contributed by atoms with Crippen LogP contribution in [0.1, 0.15) is 41.6 Å². The summed E-state index contributed by atoms with van der Waals surface area (Å²) in [6, 6.07) is 9.30. The Morgan fingerprint density at radius 2 is 1.82 bits per heavy atom. The highest BCUT2D eigenvalue weighted by Crippen LogP contribution is 2.42. The first-order valence-corrected chi connectivity index (χ1v) is 14.3. The second kappa shape index (κ2) is 13.5. The van der Waals surface area contributed by atoms with E-state index in [0.29, 0.717) is 31.0 Å². The number of phenols is 1. The van der Waals surface area contributed by atoms with Crippen LogP contribution in [0.25, 0.3) is 0 Å². The Balaban J connectivity index is 0.000000566. The maximum atomic E-state index is 13.1. The maximum absolute atomic E-state index is 13.1. The van der Waals surface area contributed by atoms with Crippen molar-refractivity contribution in [1.82, 2.24) is 9.80 Å². The lowest BCUT2D eigenvalue weighted by atomic mass is 9.87. The minimum Gasteiger partial charge on any atom is -0.508 e. The quantitative estimate of drug-likeness (QED) is 0.355. The Kier molecular flexibility index (Phi) is 10.2. The SMILES string of the molecule is NC(=O)[C@H]1CCCN1C(=O)c1ccc(O)cc1OC[C@@H](O)CN1CCC2(CC1)Cc1cc(Cl)ccc1O2.O=C(O)C(F)(F)F. The van der Waals surface area contributed by atoms with Gasteiger partial charge in [0, 0.05) is 56.5 Å². The Morgan fingerprint density at radius 3 is 2.45 bits per heavy atom. The Bertz CT molecular complexity index is 1380. The van der Waals surface area contributed by atoms with Crippen LogP contribution in [-0.4, -0.2) is 99.6 Å². The van der Waals surface area contributed by atoms with E-state index in [-0.39, 0.29) is 35.2 Å². The molecule has 1 spiro atoms. The molecule has 5 rings (SSSR count). The molecule has 3 aliphatic rings. The fourth-order valence-electron chi connectivity index (χ4n) is 5.63. The zero-order chi connectivity index (χ0) is 32.2. The van der Waals surface area contributed by atoms with Gasteiger partial charge in [-0.15, -0.1) is 0 Å². The molecule has 0 bridgehead atoms. The number of alkyl halides is 3. The van der Waals surface area contributed by atoms with E-state index in [0.717, 1.165) is 43.7 Å². The number of primary amides is 1. The number of amides is 2. The molecule has 0 radical (unpaired) electrons. The average Bonchev–Trinajstić information content (AvgIpc) is 3.58. The molecule has 0 unspecified atom stereocenters. The highest BCUT2D eigenvalue weighted by Gasteiger charge is 2.42. The molecule has 5 N–H and O–H groups in total. The standard InChI is InChI=1S/C27H32ClN3O6.C2HF3O2/c28-18-3-6-23-17(12-18)14-27(37-23)7-10-30(11-8-27)15-20(33)16-36-24-13-19(32)4-5-21(24)26(35)31-9-1-2-22(31)25(29)34;3-2(4,5)1(6)7/h3-6,12-13,20,22,32-33H,1-2,7-11,14-16H2,(H2,29,34);(H,6,7)/t20-,22+;/m0./s1. The topological polar surface area (TPSA) is 163 Å². The summed E-state index contributed by atoms with van der Waals surface area (Å²) in [7, 11) is 0. The predicted molar refractivity (Wildman–Crippen MR) is 151 cm³/mol. The van der Waals surface area contributed by atoms with Gasteiger partial charge in [-0.1, -0.05) is 11.6 Å². The zero-order valence-corrected chi connectivity index (χ0v) is 24.3. The minimum absolute atomic E-state index is 0.0505. The van der Waals surface area contributed by atoms with Crippen LogP contribution >= 0.6 is 11.6 Å². The van der Waals surface area contributed by atoms with Gasteiger partial charge in [-0.25, -0.2) is 4.79 Å². The molecule has 2 atom stereocenters. The lowest BCUT2D eigenvalue weighted by molar-refractivity contribution is -0.192. The number of halogens is 4. The molecule has 0 aliphatic carbocycles. The van der Waals surface area contributed by atoms with E-state index < -0.39 is 30.2 Å². The summed E-state index contributed by atoms with van der Waals surface area (Å²) in [6.07, 6.45) is -2.15. The number of hydrogen-bond acceptors (Lipinski definition) is 8. The van der Waals surface area contributed by atoms with Crippen LogP contribution in [0, 0.1) is 0 Å². The van der Waals surface area contributed by atoms with Gasteiger partial charge in [0.15, 0.2) is 0 Å². The maximum Gasteiger partial charge on any atom is 0.490 e. The molecule has 15 heteroatoms. The number of aliphatic hydroxyl groups is 1. The summed E-state index contributed by atoms with van der Waals surface area (Å²) in [5, 5.41) is 28.5. The molecule has 0 saturated carbocycles. The number of benzene rings is 2. The number of carboxylic acids is 1. The fourth-order valence-corrected chi connectivity index (χ4v) is 5.82. The number of ether oxygens (including phenoxy) is 2. The molecule has 44 heavy (non-hydrogen) atoms. The fraction of sp³-hybridized carbons (Fsp3) is 0.483. The number of likely N-dealkylation sites (tertiary alicyclic amines) is 2. The van der Waals surface area contributed by atoms with Crippen LogP contribution < -0.4 is 15.2 Å². The molecular weight excluding hydrogens is 611 g/mol. The third-order valence-corrected chi connectivity index (χ3v) is 8.04. The van der Waals surface area contributed by atoms with Crippen LogP contribution in [0.15, 0.2) is 36.4 Å². The van der Waals surface area contributed by atoms with Gasteiger partial charge >= 0.3 is 12.1 Å². The number of piperidine rings is 1. The van der Waals surface area contributed by atoms with Crippen molar-refractivity contribution in [1.29, 1.82) is 0 Å². The summed E-state index contributed by atoms with van der Waals surface area (Å²) >= 11 is 6.14. The van der Waals surface area contributed by atoms with Crippen molar-refractivity contribution in [3.63, 3.8) is 0 Å². The highest BCUT2D eigenvalue weighted by molar-refractivity contribution is 6.30. The normalized spacial score (nSPS) is 19.8.